The summed E-state index contributed by atoms with van der Waals surface area (Å²) in [7, 11) is 0. The smallest absolute Gasteiger partial charge is 0.0543 e. The van der Waals surface area contributed by atoms with Crippen molar-refractivity contribution in [2.75, 3.05) is 4.90 Å². The molecule has 8 aromatic rings. The number of benzene rings is 7. The summed E-state index contributed by atoms with van der Waals surface area (Å²) in [5, 5.41) is 5.11. The van der Waals surface area contributed by atoms with Crippen LogP contribution in [0.4, 0.5) is 17.1 Å². The lowest BCUT2D eigenvalue weighted by Crippen LogP contribution is -2.17. The maximum Gasteiger partial charge on any atom is 0.0543 e. The molecule has 2 heteroatoms. The molecule has 2 nitrogen and oxygen atoms in total. The predicted octanol–water partition coefficient (Wildman–Crippen LogP) is 11.7. The highest BCUT2D eigenvalue weighted by molar-refractivity contribution is 6.11. The zero-order valence-electron chi connectivity index (χ0n) is 25.4. The van der Waals surface area contributed by atoms with Crippen LogP contribution in [0.5, 0.6) is 0 Å². The molecule has 0 N–H and O–H groups in total. The van der Waals surface area contributed by atoms with E-state index >= 15 is 0 Å². The van der Waals surface area contributed by atoms with Gasteiger partial charge in [0.2, 0.25) is 0 Å². The Labute approximate surface area is 263 Å². The molecule has 7 aromatic carbocycles. The van der Waals surface area contributed by atoms with Gasteiger partial charge in [-0.2, -0.15) is 0 Å². The number of nitrogens with zero attached hydrogens (tertiary/aromatic N) is 2. The highest BCUT2D eigenvalue weighted by Gasteiger charge is 2.38. The number of anilines is 3. The summed E-state index contributed by atoms with van der Waals surface area (Å²) in [6.07, 6.45) is 0. The summed E-state index contributed by atoms with van der Waals surface area (Å²) >= 11 is 0. The van der Waals surface area contributed by atoms with Gasteiger partial charge in [-0.25, -0.2) is 0 Å². The van der Waals surface area contributed by atoms with Crippen molar-refractivity contribution in [1.82, 2.24) is 4.57 Å². The average molecular weight is 577 g/mol. The summed E-state index contributed by atoms with van der Waals surface area (Å²) in [5.74, 6) is 0. The van der Waals surface area contributed by atoms with Gasteiger partial charge in [-0.05, 0) is 82.2 Å². The second-order valence-corrected chi connectivity index (χ2v) is 12.6. The van der Waals surface area contributed by atoms with E-state index in [4.69, 9.17) is 0 Å². The first kappa shape index (κ1) is 25.9. The van der Waals surface area contributed by atoms with Gasteiger partial charge in [0.1, 0.15) is 0 Å². The van der Waals surface area contributed by atoms with Crippen LogP contribution in [0.1, 0.15) is 25.0 Å². The van der Waals surface area contributed by atoms with Crippen LogP contribution in [-0.4, -0.2) is 4.57 Å². The Morgan fingerprint density at radius 3 is 1.58 bits per heavy atom. The second kappa shape index (κ2) is 9.70. The lowest BCUT2D eigenvalue weighted by atomic mass is 9.81. The zero-order chi connectivity index (χ0) is 30.1. The average Bonchev–Trinajstić information content (AvgIpc) is 3.54. The third-order valence-corrected chi connectivity index (χ3v) is 9.75. The Kier molecular flexibility index (Phi) is 5.58. The maximum atomic E-state index is 2.46. The minimum Gasteiger partial charge on any atom is -0.310 e. The molecule has 0 bridgehead atoms. The molecule has 0 amide bonds. The Bertz CT molecular complexity index is 2300. The first-order valence-electron chi connectivity index (χ1n) is 15.7. The van der Waals surface area contributed by atoms with Crippen molar-refractivity contribution in [2.45, 2.75) is 19.3 Å². The number of hydrogen-bond acceptors (Lipinski definition) is 1. The molecule has 1 aliphatic carbocycles. The van der Waals surface area contributed by atoms with E-state index < -0.39 is 0 Å². The highest BCUT2D eigenvalue weighted by Crippen LogP contribution is 2.55. The first-order chi connectivity index (χ1) is 22.1. The van der Waals surface area contributed by atoms with Crippen LogP contribution < -0.4 is 4.90 Å². The number of para-hydroxylation sites is 4. The van der Waals surface area contributed by atoms with Crippen molar-refractivity contribution in [3.05, 3.63) is 169 Å². The Morgan fingerprint density at radius 2 is 0.978 bits per heavy atom. The van der Waals surface area contributed by atoms with E-state index in [-0.39, 0.29) is 5.41 Å². The molecule has 214 valence electrons. The molecule has 9 rings (SSSR count). The molecular formula is C43H32N2. The van der Waals surface area contributed by atoms with E-state index in [2.05, 4.69) is 181 Å². The van der Waals surface area contributed by atoms with Crippen molar-refractivity contribution in [3.8, 4) is 16.8 Å². The largest absolute Gasteiger partial charge is 0.310 e. The SMILES string of the molecule is CC1(C)c2cc(-n3c4ccccc4c4ccccc43)ccc2-c2c1cc(N(c1ccccc1)c1ccccc1)c1ccccc21. The van der Waals surface area contributed by atoms with Crippen molar-refractivity contribution in [2.24, 2.45) is 0 Å². The quantitative estimate of drug-likeness (QED) is 0.202. The molecule has 1 aromatic heterocycles. The highest BCUT2D eigenvalue weighted by atomic mass is 15.1. The fraction of sp³-hybridized carbons (Fsp3) is 0.0698. The fourth-order valence-corrected chi connectivity index (χ4v) is 7.66. The lowest BCUT2D eigenvalue weighted by molar-refractivity contribution is 0.660. The summed E-state index contributed by atoms with van der Waals surface area (Å²) in [5.41, 5.74) is 12.4. The molecule has 0 radical (unpaired) electrons. The second-order valence-electron chi connectivity index (χ2n) is 12.6. The van der Waals surface area contributed by atoms with E-state index in [9.17, 15) is 0 Å². The van der Waals surface area contributed by atoms with E-state index in [1.165, 1.54) is 66.2 Å². The molecule has 0 spiro atoms. The predicted molar refractivity (Wildman–Crippen MR) is 191 cm³/mol. The number of hydrogen-bond donors (Lipinski definition) is 0. The van der Waals surface area contributed by atoms with Gasteiger partial charge in [-0.3, -0.25) is 0 Å². The molecule has 45 heavy (non-hydrogen) atoms. The lowest BCUT2D eigenvalue weighted by Gasteiger charge is -2.29. The molecule has 0 unspecified atom stereocenters. The Balaban J connectivity index is 1.30. The Hall–Kier alpha value is -5.60. The molecule has 0 fully saturated rings. The minimum atomic E-state index is -0.197. The van der Waals surface area contributed by atoms with Gasteiger partial charge in [0, 0.05) is 38.6 Å². The monoisotopic (exact) mass is 576 g/mol. The van der Waals surface area contributed by atoms with Crippen LogP contribution >= 0.6 is 0 Å². The molecule has 1 aliphatic rings. The van der Waals surface area contributed by atoms with Crippen LogP contribution in [0.2, 0.25) is 0 Å². The van der Waals surface area contributed by atoms with Gasteiger partial charge in [0.05, 0.1) is 16.7 Å². The third-order valence-electron chi connectivity index (χ3n) is 9.75. The Morgan fingerprint density at radius 1 is 0.467 bits per heavy atom. The van der Waals surface area contributed by atoms with Crippen LogP contribution in [0.25, 0.3) is 49.4 Å². The summed E-state index contributed by atoms with van der Waals surface area (Å²) in [6, 6.07) is 57.5. The van der Waals surface area contributed by atoms with Crippen LogP contribution in [0, 0.1) is 0 Å². The van der Waals surface area contributed by atoms with Gasteiger partial charge in [0.25, 0.3) is 0 Å². The van der Waals surface area contributed by atoms with Gasteiger partial charge in [-0.1, -0.05) is 117 Å². The van der Waals surface area contributed by atoms with Crippen LogP contribution in [0.3, 0.4) is 0 Å². The van der Waals surface area contributed by atoms with Crippen molar-refractivity contribution in [3.63, 3.8) is 0 Å². The topological polar surface area (TPSA) is 8.17 Å². The maximum absolute atomic E-state index is 2.46. The van der Waals surface area contributed by atoms with E-state index in [0.717, 1.165) is 11.4 Å². The third kappa shape index (κ3) is 3.76. The van der Waals surface area contributed by atoms with Gasteiger partial charge in [0.15, 0.2) is 0 Å². The number of fused-ring (bicyclic) bond motifs is 8. The fourth-order valence-electron chi connectivity index (χ4n) is 7.66. The van der Waals surface area contributed by atoms with Crippen molar-refractivity contribution >= 4 is 49.6 Å². The van der Waals surface area contributed by atoms with E-state index in [0.29, 0.717) is 0 Å². The van der Waals surface area contributed by atoms with Crippen LogP contribution in [0.15, 0.2) is 158 Å². The van der Waals surface area contributed by atoms with Gasteiger partial charge >= 0.3 is 0 Å². The summed E-state index contributed by atoms with van der Waals surface area (Å²) in [4.78, 5) is 2.41. The molecular weight excluding hydrogens is 544 g/mol. The first-order valence-corrected chi connectivity index (χ1v) is 15.7. The van der Waals surface area contributed by atoms with Crippen molar-refractivity contribution in [1.29, 1.82) is 0 Å². The standard InChI is InChI=1S/C43H32N2/c1-43(2)37-27-31(45-39-23-13-11-19-32(39)33-20-12-14-24-40(33)45)25-26-36(37)42-35-22-10-9-21-34(35)41(28-38(42)43)44(29-15-5-3-6-16-29)30-17-7-4-8-18-30/h3-28H,1-2H3. The zero-order valence-corrected chi connectivity index (χ0v) is 25.4. The molecule has 1 heterocycles. The van der Waals surface area contributed by atoms with E-state index in [1.807, 2.05) is 0 Å². The summed E-state index contributed by atoms with van der Waals surface area (Å²) < 4.78 is 2.43. The minimum absolute atomic E-state index is 0.197. The number of aromatic nitrogens is 1. The number of rotatable bonds is 4. The normalized spacial score (nSPS) is 13.3. The molecule has 0 atom stereocenters. The van der Waals surface area contributed by atoms with Gasteiger partial charge < -0.3 is 9.47 Å². The molecule has 0 saturated heterocycles. The van der Waals surface area contributed by atoms with Gasteiger partial charge in [-0.15, -0.1) is 0 Å². The van der Waals surface area contributed by atoms with Crippen molar-refractivity contribution < 1.29 is 0 Å². The molecule has 0 aliphatic heterocycles. The van der Waals surface area contributed by atoms with E-state index in [1.54, 1.807) is 0 Å². The molecule has 0 saturated carbocycles. The van der Waals surface area contributed by atoms with Crippen LogP contribution in [-0.2, 0) is 5.41 Å². The summed E-state index contributed by atoms with van der Waals surface area (Å²) in [6.45, 7) is 4.78.